The molecular formula is C16H22N2O3. The quantitative estimate of drug-likeness (QED) is 0.751. The van der Waals surface area contributed by atoms with Crippen molar-refractivity contribution in [3.8, 4) is 0 Å². The number of carbonyl (C=O) groups is 2. The van der Waals surface area contributed by atoms with Gasteiger partial charge < -0.3 is 15.7 Å². The van der Waals surface area contributed by atoms with Gasteiger partial charge in [-0.05, 0) is 44.6 Å². The Labute approximate surface area is 124 Å². The van der Waals surface area contributed by atoms with Crippen LogP contribution < -0.4 is 10.6 Å². The van der Waals surface area contributed by atoms with E-state index in [1.54, 1.807) is 6.92 Å². The summed E-state index contributed by atoms with van der Waals surface area (Å²) >= 11 is 0. The van der Waals surface area contributed by atoms with Crippen LogP contribution in [0.15, 0.2) is 30.3 Å². The van der Waals surface area contributed by atoms with Crippen LogP contribution in [0.2, 0.25) is 0 Å². The molecule has 0 aliphatic heterocycles. The first-order valence-electron chi connectivity index (χ1n) is 7.28. The third-order valence-corrected chi connectivity index (χ3v) is 3.97. The van der Waals surface area contributed by atoms with Crippen LogP contribution in [0.25, 0.3) is 0 Å². The van der Waals surface area contributed by atoms with Crippen molar-refractivity contribution in [1.29, 1.82) is 0 Å². The first-order valence-corrected chi connectivity index (χ1v) is 7.28. The molecule has 1 aromatic carbocycles. The van der Waals surface area contributed by atoms with Crippen molar-refractivity contribution in [2.24, 2.45) is 5.92 Å². The maximum absolute atomic E-state index is 12.0. The summed E-state index contributed by atoms with van der Waals surface area (Å²) in [6.45, 7) is 3.48. The van der Waals surface area contributed by atoms with Crippen molar-refractivity contribution in [3.63, 3.8) is 0 Å². The molecule has 1 fully saturated rings. The van der Waals surface area contributed by atoms with Crippen LogP contribution in [0.4, 0.5) is 4.79 Å². The van der Waals surface area contributed by atoms with Crippen LogP contribution >= 0.6 is 0 Å². The number of rotatable bonds is 6. The Bertz CT molecular complexity index is 514. The largest absolute Gasteiger partial charge is 0.480 e. The maximum atomic E-state index is 12.0. The molecule has 2 amide bonds. The molecule has 0 heterocycles. The predicted molar refractivity (Wildman–Crippen MR) is 80.0 cm³/mol. The minimum absolute atomic E-state index is 0.0326. The fourth-order valence-corrected chi connectivity index (χ4v) is 2.51. The van der Waals surface area contributed by atoms with Gasteiger partial charge in [-0.15, -0.1) is 0 Å². The average molecular weight is 290 g/mol. The third kappa shape index (κ3) is 3.97. The summed E-state index contributed by atoms with van der Waals surface area (Å²) in [7, 11) is 0. The highest BCUT2D eigenvalue weighted by atomic mass is 16.4. The normalized spacial score (nSPS) is 18.4. The summed E-state index contributed by atoms with van der Waals surface area (Å²) in [5.74, 6) is -0.943. The fourth-order valence-electron chi connectivity index (χ4n) is 2.51. The molecule has 21 heavy (non-hydrogen) atoms. The van der Waals surface area contributed by atoms with E-state index in [4.69, 9.17) is 0 Å². The van der Waals surface area contributed by atoms with Gasteiger partial charge in [-0.2, -0.15) is 0 Å². The van der Waals surface area contributed by atoms with Crippen molar-refractivity contribution >= 4 is 12.0 Å². The molecule has 1 aliphatic carbocycles. The lowest BCUT2D eigenvalue weighted by Gasteiger charge is -2.27. The number of hydrogen-bond acceptors (Lipinski definition) is 2. The minimum atomic E-state index is -1.17. The summed E-state index contributed by atoms with van der Waals surface area (Å²) in [6, 6.07) is 9.37. The van der Waals surface area contributed by atoms with E-state index in [0.29, 0.717) is 6.42 Å². The lowest BCUT2D eigenvalue weighted by molar-refractivity contribution is -0.144. The van der Waals surface area contributed by atoms with Crippen LogP contribution in [0, 0.1) is 5.92 Å². The van der Waals surface area contributed by atoms with E-state index in [1.807, 2.05) is 37.3 Å². The number of aliphatic carboxylic acids is 1. The Morgan fingerprint density at radius 3 is 2.48 bits per heavy atom. The molecule has 5 heteroatoms. The molecule has 114 valence electrons. The highest BCUT2D eigenvalue weighted by molar-refractivity contribution is 5.86. The van der Waals surface area contributed by atoms with Gasteiger partial charge in [-0.1, -0.05) is 30.3 Å². The molecule has 0 spiro atoms. The van der Waals surface area contributed by atoms with Gasteiger partial charge in [0.2, 0.25) is 0 Å². The highest BCUT2D eigenvalue weighted by Gasteiger charge is 2.48. The molecule has 1 aromatic rings. The Balaban J connectivity index is 1.87. The Morgan fingerprint density at radius 1 is 1.33 bits per heavy atom. The Kier molecular flexibility index (Phi) is 4.50. The van der Waals surface area contributed by atoms with Gasteiger partial charge in [0.15, 0.2) is 0 Å². The number of urea groups is 1. The summed E-state index contributed by atoms with van der Waals surface area (Å²) in [5, 5.41) is 14.7. The molecule has 5 nitrogen and oxygen atoms in total. The van der Waals surface area contributed by atoms with Crippen LogP contribution in [0.3, 0.4) is 0 Å². The van der Waals surface area contributed by atoms with E-state index in [1.165, 1.54) is 0 Å². The van der Waals surface area contributed by atoms with E-state index < -0.39 is 17.5 Å². The average Bonchev–Trinajstić information content (AvgIpc) is 3.23. The smallest absolute Gasteiger partial charge is 0.329 e. The lowest BCUT2D eigenvalue weighted by atomic mass is 9.96. The second kappa shape index (κ2) is 6.16. The number of nitrogens with one attached hydrogen (secondary N) is 2. The van der Waals surface area contributed by atoms with Crippen molar-refractivity contribution < 1.29 is 14.7 Å². The molecule has 3 N–H and O–H groups in total. The van der Waals surface area contributed by atoms with Crippen molar-refractivity contribution in [2.75, 3.05) is 0 Å². The monoisotopic (exact) mass is 290 g/mol. The van der Waals surface area contributed by atoms with Crippen LogP contribution in [0.5, 0.6) is 0 Å². The van der Waals surface area contributed by atoms with Crippen molar-refractivity contribution in [3.05, 3.63) is 35.9 Å². The van der Waals surface area contributed by atoms with Crippen LogP contribution in [-0.2, 0) is 11.2 Å². The molecule has 1 aliphatic rings. The van der Waals surface area contributed by atoms with Crippen LogP contribution in [0.1, 0.15) is 32.3 Å². The number of carbonyl (C=O) groups excluding carboxylic acids is 1. The summed E-state index contributed by atoms with van der Waals surface area (Å²) < 4.78 is 0. The summed E-state index contributed by atoms with van der Waals surface area (Å²) in [6.07, 6.45) is 2.41. The molecular weight excluding hydrogens is 268 g/mol. The van der Waals surface area contributed by atoms with Gasteiger partial charge in [-0.25, -0.2) is 9.59 Å². The first-order chi connectivity index (χ1) is 9.91. The van der Waals surface area contributed by atoms with E-state index >= 15 is 0 Å². The van der Waals surface area contributed by atoms with Crippen LogP contribution in [-0.4, -0.2) is 28.7 Å². The molecule has 0 saturated heterocycles. The highest BCUT2D eigenvalue weighted by Crippen LogP contribution is 2.39. The zero-order valence-electron chi connectivity index (χ0n) is 12.4. The van der Waals surface area contributed by atoms with E-state index in [2.05, 4.69) is 10.6 Å². The summed E-state index contributed by atoms with van der Waals surface area (Å²) in [4.78, 5) is 23.4. The van der Waals surface area contributed by atoms with Gasteiger partial charge in [0.1, 0.15) is 5.54 Å². The SMILES string of the molecule is CC(Cc1ccccc1)NC(=O)NC(C)(C(=O)O)C1CC1. The number of hydrogen-bond donors (Lipinski definition) is 3. The van der Waals surface area contributed by atoms with Crippen molar-refractivity contribution in [2.45, 2.75) is 44.7 Å². The molecule has 1 saturated carbocycles. The number of carboxylic acid groups (broad SMARTS) is 1. The third-order valence-electron chi connectivity index (χ3n) is 3.97. The second-order valence-electron chi connectivity index (χ2n) is 5.97. The molecule has 0 aromatic heterocycles. The Morgan fingerprint density at radius 2 is 1.95 bits per heavy atom. The second-order valence-corrected chi connectivity index (χ2v) is 5.97. The zero-order chi connectivity index (χ0) is 15.5. The predicted octanol–water partition coefficient (Wildman–Crippen LogP) is 2.17. The first kappa shape index (κ1) is 15.4. The van der Waals surface area contributed by atoms with E-state index in [9.17, 15) is 14.7 Å². The summed E-state index contributed by atoms with van der Waals surface area (Å²) in [5.41, 5.74) is -0.0372. The van der Waals surface area contributed by atoms with Gasteiger partial charge in [0, 0.05) is 6.04 Å². The van der Waals surface area contributed by atoms with E-state index in [0.717, 1.165) is 18.4 Å². The molecule has 2 unspecified atom stereocenters. The van der Waals surface area contributed by atoms with Gasteiger partial charge in [-0.3, -0.25) is 0 Å². The van der Waals surface area contributed by atoms with Gasteiger partial charge >= 0.3 is 12.0 Å². The standard InChI is InChI=1S/C16H22N2O3/c1-11(10-12-6-4-3-5-7-12)17-15(21)18-16(2,14(19)20)13-8-9-13/h3-7,11,13H,8-10H2,1-2H3,(H,19,20)(H2,17,18,21). The lowest BCUT2D eigenvalue weighted by Crippen LogP contribution is -2.57. The number of benzene rings is 1. The Hall–Kier alpha value is -2.04. The number of carboxylic acids is 1. The maximum Gasteiger partial charge on any atom is 0.329 e. The zero-order valence-corrected chi connectivity index (χ0v) is 12.4. The molecule has 2 rings (SSSR count). The molecule has 0 radical (unpaired) electrons. The van der Waals surface area contributed by atoms with Gasteiger partial charge in [0.05, 0.1) is 0 Å². The molecule has 0 bridgehead atoms. The fraction of sp³-hybridized carbons (Fsp3) is 0.500. The molecule has 2 atom stereocenters. The van der Waals surface area contributed by atoms with E-state index in [-0.39, 0.29) is 12.0 Å². The minimum Gasteiger partial charge on any atom is -0.480 e. The van der Waals surface area contributed by atoms with Gasteiger partial charge in [0.25, 0.3) is 0 Å². The topological polar surface area (TPSA) is 78.4 Å². The van der Waals surface area contributed by atoms with Crippen molar-refractivity contribution in [1.82, 2.24) is 10.6 Å². The number of amides is 2.